The number of hydrogen-bond donors (Lipinski definition) is 2. The summed E-state index contributed by atoms with van der Waals surface area (Å²) in [5.74, 6) is 1.36. The molecule has 0 amide bonds. The van der Waals surface area contributed by atoms with Crippen LogP contribution in [0, 0.1) is 0 Å². The molecule has 3 nitrogen and oxygen atoms in total. The summed E-state index contributed by atoms with van der Waals surface area (Å²) in [5, 5.41) is 3.39. The molecule has 0 saturated heterocycles. The number of benzene rings is 1. The van der Waals surface area contributed by atoms with Gasteiger partial charge in [-0.05, 0) is 24.1 Å². The van der Waals surface area contributed by atoms with E-state index in [0.717, 1.165) is 12.2 Å². The molecule has 1 aromatic heterocycles. The lowest BCUT2D eigenvalue weighted by molar-refractivity contribution is 0.745. The van der Waals surface area contributed by atoms with Gasteiger partial charge in [0.1, 0.15) is 11.6 Å². The van der Waals surface area contributed by atoms with Crippen LogP contribution in [0.15, 0.2) is 48.5 Å². The summed E-state index contributed by atoms with van der Waals surface area (Å²) < 4.78 is 0. The molecular weight excluding hydrogens is 210 g/mol. The highest BCUT2D eigenvalue weighted by Crippen LogP contribution is 2.21. The van der Waals surface area contributed by atoms with Gasteiger partial charge < -0.3 is 11.1 Å². The zero-order valence-corrected chi connectivity index (χ0v) is 9.93. The molecule has 0 aliphatic heterocycles. The van der Waals surface area contributed by atoms with Crippen LogP contribution < -0.4 is 11.1 Å². The molecule has 3 N–H and O–H groups in total. The van der Waals surface area contributed by atoms with Crippen molar-refractivity contribution < 1.29 is 0 Å². The number of nitrogens with two attached hydrogens (primary N) is 1. The van der Waals surface area contributed by atoms with E-state index in [1.807, 2.05) is 30.3 Å². The first-order chi connectivity index (χ1) is 8.29. The topological polar surface area (TPSA) is 50.9 Å². The first-order valence-electron chi connectivity index (χ1n) is 5.83. The number of hydrogen-bond acceptors (Lipinski definition) is 3. The number of nitrogen functional groups attached to an aromatic ring is 1. The van der Waals surface area contributed by atoms with Crippen molar-refractivity contribution in [3.8, 4) is 0 Å². The van der Waals surface area contributed by atoms with E-state index in [-0.39, 0.29) is 6.04 Å². The van der Waals surface area contributed by atoms with E-state index >= 15 is 0 Å². The fourth-order valence-electron chi connectivity index (χ4n) is 1.82. The van der Waals surface area contributed by atoms with Crippen LogP contribution in [0.25, 0.3) is 0 Å². The van der Waals surface area contributed by atoms with Crippen molar-refractivity contribution in [1.82, 2.24) is 4.98 Å². The van der Waals surface area contributed by atoms with Crippen LogP contribution in [-0.2, 0) is 0 Å². The summed E-state index contributed by atoms with van der Waals surface area (Å²) >= 11 is 0. The van der Waals surface area contributed by atoms with Crippen LogP contribution >= 0.6 is 0 Å². The lowest BCUT2D eigenvalue weighted by Crippen LogP contribution is -2.11. The predicted molar refractivity (Wildman–Crippen MR) is 71.7 cm³/mol. The van der Waals surface area contributed by atoms with E-state index in [9.17, 15) is 0 Å². The van der Waals surface area contributed by atoms with E-state index < -0.39 is 0 Å². The van der Waals surface area contributed by atoms with Gasteiger partial charge in [-0.2, -0.15) is 0 Å². The lowest BCUT2D eigenvalue weighted by Gasteiger charge is -2.18. The quantitative estimate of drug-likeness (QED) is 0.843. The van der Waals surface area contributed by atoms with E-state index in [1.54, 1.807) is 6.07 Å². The summed E-state index contributed by atoms with van der Waals surface area (Å²) in [6.45, 7) is 2.15. The smallest absolute Gasteiger partial charge is 0.128 e. The fraction of sp³-hybridized carbons (Fsp3) is 0.214. The van der Waals surface area contributed by atoms with Gasteiger partial charge in [-0.25, -0.2) is 4.98 Å². The third kappa shape index (κ3) is 2.97. The molecule has 1 atom stereocenters. The number of aromatic nitrogens is 1. The minimum atomic E-state index is 0.269. The highest BCUT2D eigenvalue weighted by atomic mass is 15.0. The lowest BCUT2D eigenvalue weighted by atomic mass is 10.0. The minimum absolute atomic E-state index is 0.269. The largest absolute Gasteiger partial charge is 0.384 e. The van der Waals surface area contributed by atoms with Crippen molar-refractivity contribution in [3.63, 3.8) is 0 Å². The fourth-order valence-corrected chi connectivity index (χ4v) is 1.82. The minimum Gasteiger partial charge on any atom is -0.384 e. The van der Waals surface area contributed by atoms with Gasteiger partial charge in [0.15, 0.2) is 0 Å². The normalized spacial score (nSPS) is 12.1. The third-order valence-electron chi connectivity index (χ3n) is 2.70. The molecule has 0 bridgehead atoms. The molecule has 2 aromatic rings. The zero-order valence-electron chi connectivity index (χ0n) is 9.93. The van der Waals surface area contributed by atoms with Gasteiger partial charge in [-0.15, -0.1) is 0 Å². The third-order valence-corrected chi connectivity index (χ3v) is 2.70. The van der Waals surface area contributed by atoms with Crippen molar-refractivity contribution in [2.24, 2.45) is 0 Å². The second kappa shape index (κ2) is 5.34. The maximum Gasteiger partial charge on any atom is 0.128 e. The van der Waals surface area contributed by atoms with Crippen molar-refractivity contribution in [3.05, 3.63) is 54.1 Å². The Hall–Kier alpha value is -2.03. The Morgan fingerprint density at radius 2 is 1.88 bits per heavy atom. The van der Waals surface area contributed by atoms with Gasteiger partial charge >= 0.3 is 0 Å². The molecule has 1 heterocycles. The molecule has 17 heavy (non-hydrogen) atoms. The summed E-state index contributed by atoms with van der Waals surface area (Å²) in [7, 11) is 0. The van der Waals surface area contributed by atoms with E-state index in [2.05, 4.69) is 29.4 Å². The van der Waals surface area contributed by atoms with Gasteiger partial charge in [-0.3, -0.25) is 0 Å². The molecule has 3 heteroatoms. The molecule has 2 rings (SSSR count). The van der Waals surface area contributed by atoms with Gasteiger partial charge in [0.05, 0.1) is 6.04 Å². The van der Waals surface area contributed by atoms with Crippen molar-refractivity contribution >= 4 is 11.6 Å². The average Bonchev–Trinajstić information content (AvgIpc) is 2.37. The average molecular weight is 227 g/mol. The van der Waals surface area contributed by atoms with Crippen LogP contribution in [0.1, 0.15) is 24.9 Å². The second-order valence-corrected chi connectivity index (χ2v) is 3.96. The first kappa shape index (κ1) is 11.5. The molecule has 1 aromatic carbocycles. The summed E-state index contributed by atoms with van der Waals surface area (Å²) in [6.07, 6.45) is 1.00. The molecule has 0 fully saturated rings. The van der Waals surface area contributed by atoms with Gasteiger partial charge in [0, 0.05) is 0 Å². The first-order valence-corrected chi connectivity index (χ1v) is 5.83. The number of anilines is 2. The Labute approximate surface area is 102 Å². The van der Waals surface area contributed by atoms with Crippen LogP contribution in [0.5, 0.6) is 0 Å². The van der Waals surface area contributed by atoms with Gasteiger partial charge in [-0.1, -0.05) is 43.3 Å². The predicted octanol–water partition coefficient (Wildman–Crippen LogP) is 3.23. The molecule has 1 unspecified atom stereocenters. The Morgan fingerprint density at radius 3 is 2.53 bits per heavy atom. The van der Waals surface area contributed by atoms with E-state index in [1.165, 1.54) is 5.56 Å². The van der Waals surface area contributed by atoms with Crippen LogP contribution in [0.2, 0.25) is 0 Å². The van der Waals surface area contributed by atoms with Crippen LogP contribution in [-0.4, -0.2) is 4.98 Å². The Bertz CT molecular complexity index is 468. The van der Waals surface area contributed by atoms with E-state index in [4.69, 9.17) is 5.73 Å². The van der Waals surface area contributed by atoms with Gasteiger partial charge in [0.25, 0.3) is 0 Å². The Kier molecular flexibility index (Phi) is 3.60. The van der Waals surface area contributed by atoms with Crippen molar-refractivity contribution in [2.75, 3.05) is 11.1 Å². The van der Waals surface area contributed by atoms with Crippen molar-refractivity contribution in [2.45, 2.75) is 19.4 Å². The molecule has 0 aliphatic carbocycles. The van der Waals surface area contributed by atoms with E-state index in [0.29, 0.717) is 5.82 Å². The van der Waals surface area contributed by atoms with Crippen LogP contribution in [0.3, 0.4) is 0 Å². The van der Waals surface area contributed by atoms with Gasteiger partial charge in [0.2, 0.25) is 0 Å². The number of pyridine rings is 1. The maximum absolute atomic E-state index is 5.66. The Balaban J connectivity index is 2.16. The highest BCUT2D eigenvalue weighted by Gasteiger charge is 2.08. The standard InChI is InChI=1S/C14H17N3/c1-2-12(11-7-4-3-5-8-11)16-14-10-6-9-13(15)17-14/h3-10,12H,2H2,1H3,(H3,15,16,17). The molecule has 0 spiro atoms. The monoisotopic (exact) mass is 227 g/mol. The maximum atomic E-state index is 5.66. The molecule has 0 aliphatic rings. The number of rotatable bonds is 4. The molecule has 88 valence electrons. The highest BCUT2D eigenvalue weighted by molar-refractivity contribution is 5.44. The van der Waals surface area contributed by atoms with Crippen LogP contribution in [0.4, 0.5) is 11.6 Å². The van der Waals surface area contributed by atoms with Crippen molar-refractivity contribution in [1.29, 1.82) is 0 Å². The summed E-state index contributed by atoms with van der Waals surface area (Å²) in [5.41, 5.74) is 6.93. The Morgan fingerprint density at radius 1 is 1.12 bits per heavy atom. The zero-order chi connectivity index (χ0) is 12.1. The summed E-state index contributed by atoms with van der Waals surface area (Å²) in [4.78, 5) is 4.25. The number of nitrogens with one attached hydrogen (secondary N) is 1. The SMILES string of the molecule is CCC(Nc1cccc(N)n1)c1ccccc1. The molecule has 0 saturated carbocycles. The molecular formula is C14H17N3. The summed E-state index contributed by atoms with van der Waals surface area (Å²) in [6, 6.07) is 16.2. The molecule has 0 radical (unpaired) electrons. The number of nitrogens with zero attached hydrogens (tertiary/aromatic N) is 1. The second-order valence-electron chi connectivity index (χ2n) is 3.96.